The van der Waals surface area contributed by atoms with E-state index in [0.29, 0.717) is 11.7 Å². The van der Waals surface area contributed by atoms with Gasteiger partial charge in [0.05, 0.1) is 23.4 Å². The molecule has 3 rings (SSSR count). The van der Waals surface area contributed by atoms with Gasteiger partial charge in [0, 0.05) is 5.38 Å². The molecule has 2 heterocycles. The van der Waals surface area contributed by atoms with E-state index in [1.807, 2.05) is 19.2 Å². The van der Waals surface area contributed by atoms with Crippen LogP contribution >= 0.6 is 11.3 Å². The minimum Gasteiger partial charge on any atom is -0.339 e. The summed E-state index contributed by atoms with van der Waals surface area (Å²) in [4.78, 5) is 8.45. The zero-order valence-electron chi connectivity index (χ0n) is 9.41. The lowest BCUT2D eigenvalue weighted by Gasteiger charge is -1.94. The van der Waals surface area contributed by atoms with Crippen LogP contribution in [0.2, 0.25) is 0 Å². The van der Waals surface area contributed by atoms with Crippen molar-refractivity contribution in [3.05, 3.63) is 16.8 Å². The fourth-order valence-corrected chi connectivity index (χ4v) is 2.66. The molecule has 6 heteroatoms. The SMILES string of the molecule is CC1(C)C(C#N)C1c1nc(-c2cscn2)no1. The summed E-state index contributed by atoms with van der Waals surface area (Å²) in [5, 5.41) is 14.8. The highest BCUT2D eigenvalue weighted by atomic mass is 32.1. The Balaban J connectivity index is 1.91. The highest BCUT2D eigenvalue weighted by Crippen LogP contribution is 2.63. The molecule has 1 fully saturated rings. The van der Waals surface area contributed by atoms with Gasteiger partial charge in [-0.3, -0.25) is 0 Å². The Bertz CT molecular complexity index is 581. The zero-order valence-corrected chi connectivity index (χ0v) is 10.2. The van der Waals surface area contributed by atoms with Gasteiger partial charge in [-0.25, -0.2) is 4.98 Å². The fourth-order valence-electron chi connectivity index (χ4n) is 2.13. The third kappa shape index (κ3) is 1.46. The van der Waals surface area contributed by atoms with Gasteiger partial charge in [0.2, 0.25) is 11.7 Å². The molecule has 0 aliphatic heterocycles. The van der Waals surface area contributed by atoms with Crippen molar-refractivity contribution in [3.63, 3.8) is 0 Å². The van der Waals surface area contributed by atoms with Crippen LogP contribution in [0.5, 0.6) is 0 Å². The molecule has 1 aliphatic rings. The number of nitriles is 1. The molecule has 0 aromatic carbocycles. The third-order valence-corrected chi connectivity index (χ3v) is 3.92. The molecule has 0 radical (unpaired) electrons. The van der Waals surface area contributed by atoms with E-state index in [4.69, 9.17) is 9.78 Å². The van der Waals surface area contributed by atoms with Crippen LogP contribution < -0.4 is 0 Å². The molecule has 2 aromatic rings. The molecule has 0 spiro atoms. The van der Waals surface area contributed by atoms with Crippen molar-refractivity contribution in [2.75, 3.05) is 0 Å². The number of thiazole rings is 1. The Hall–Kier alpha value is -1.74. The van der Waals surface area contributed by atoms with E-state index >= 15 is 0 Å². The minimum absolute atomic E-state index is 0.0359. The van der Waals surface area contributed by atoms with E-state index in [0.717, 1.165) is 5.69 Å². The Kier molecular flexibility index (Phi) is 2.07. The van der Waals surface area contributed by atoms with Gasteiger partial charge in [-0.05, 0) is 5.41 Å². The molecule has 0 N–H and O–H groups in total. The van der Waals surface area contributed by atoms with Gasteiger partial charge in [-0.15, -0.1) is 11.3 Å². The molecule has 5 nitrogen and oxygen atoms in total. The first-order valence-electron chi connectivity index (χ1n) is 5.26. The second-order valence-electron chi connectivity index (χ2n) is 4.74. The summed E-state index contributed by atoms with van der Waals surface area (Å²) in [6, 6.07) is 2.28. The van der Waals surface area contributed by atoms with Gasteiger partial charge in [0.1, 0.15) is 5.69 Å². The van der Waals surface area contributed by atoms with Crippen molar-refractivity contribution in [3.8, 4) is 17.6 Å². The van der Waals surface area contributed by atoms with E-state index in [-0.39, 0.29) is 17.3 Å². The Morgan fingerprint density at radius 1 is 1.53 bits per heavy atom. The first-order chi connectivity index (χ1) is 8.14. The first kappa shape index (κ1) is 10.4. The van der Waals surface area contributed by atoms with Crippen molar-refractivity contribution in [1.29, 1.82) is 5.26 Å². The number of hydrogen-bond donors (Lipinski definition) is 0. The molecule has 0 saturated heterocycles. The van der Waals surface area contributed by atoms with E-state index < -0.39 is 0 Å². The molecule has 1 saturated carbocycles. The molecular weight excluding hydrogens is 236 g/mol. The second kappa shape index (κ2) is 3.37. The highest BCUT2D eigenvalue weighted by Gasteiger charge is 2.62. The lowest BCUT2D eigenvalue weighted by atomic mass is 10.1. The monoisotopic (exact) mass is 246 g/mol. The summed E-state index contributed by atoms with van der Waals surface area (Å²) in [6.07, 6.45) is 0. The Morgan fingerprint density at radius 2 is 2.35 bits per heavy atom. The number of hydrogen-bond acceptors (Lipinski definition) is 6. The van der Waals surface area contributed by atoms with Crippen LogP contribution in [0.1, 0.15) is 25.7 Å². The first-order valence-corrected chi connectivity index (χ1v) is 6.20. The minimum atomic E-state index is -0.0688. The third-order valence-electron chi connectivity index (χ3n) is 3.34. The summed E-state index contributed by atoms with van der Waals surface area (Å²) in [6.45, 7) is 4.08. The maximum atomic E-state index is 9.01. The maximum Gasteiger partial charge on any atom is 0.232 e. The van der Waals surface area contributed by atoms with Crippen LogP contribution in [0.25, 0.3) is 11.5 Å². The van der Waals surface area contributed by atoms with Gasteiger partial charge in [0.15, 0.2) is 0 Å². The van der Waals surface area contributed by atoms with Crippen LogP contribution in [0.3, 0.4) is 0 Å². The fraction of sp³-hybridized carbons (Fsp3) is 0.455. The van der Waals surface area contributed by atoms with E-state index in [1.54, 1.807) is 5.51 Å². The predicted octanol–water partition coefficient (Wildman–Crippen LogP) is 2.46. The molecule has 1 aliphatic carbocycles. The summed E-state index contributed by atoms with van der Waals surface area (Å²) >= 11 is 1.49. The van der Waals surface area contributed by atoms with Crippen molar-refractivity contribution in [1.82, 2.24) is 15.1 Å². The second-order valence-corrected chi connectivity index (χ2v) is 5.45. The number of aromatic nitrogens is 3. The standard InChI is InChI=1S/C11H10N4OS/c1-11(2)6(3-12)8(11)10-14-9(15-16-10)7-4-17-5-13-7/h4-6,8H,1-2H3. The van der Waals surface area contributed by atoms with Gasteiger partial charge in [-0.2, -0.15) is 10.2 Å². The van der Waals surface area contributed by atoms with Crippen LogP contribution in [0, 0.1) is 22.7 Å². The average molecular weight is 246 g/mol. The van der Waals surface area contributed by atoms with Crippen molar-refractivity contribution in [2.24, 2.45) is 11.3 Å². The van der Waals surface area contributed by atoms with E-state index in [2.05, 4.69) is 21.2 Å². The van der Waals surface area contributed by atoms with Crippen LogP contribution in [0.15, 0.2) is 15.4 Å². The largest absolute Gasteiger partial charge is 0.339 e. The normalized spacial score (nSPS) is 25.5. The van der Waals surface area contributed by atoms with Gasteiger partial charge in [-0.1, -0.05) is 19.0 Å². The summed E-state index contributed by atoms with van der Waals surface area (Å²) < 4.78 is 5.23. The molecule has 17 heavy (non-hydrogen) atoms. The van der Waals surface area contributed by atoms with Crippen LogP contribution in [-0.4, -0.2) is 15.1 Å². The van der Waals surface area contributed by atoms with Crippen molar-refractivity contribution in [2.45, 2.75) is 19.8 Å². The molecular formula is C11H10N4OS. The lowest BCUT2D eigenvalue weighted by Crippen LogP contribution is -1.90. The maximum absolute atomic E-state index is 9.01. The summed E-state index contributed by atoms with van der Waals surface area (Å²) in [5.41, 5.74) is 2.38. The van der Waals surface area contributed by atoms with Crippen LogP contribution in [-0.2, 0) is 0 Å². The summed E-state index contributed by atoms with van der Waals surface area (Å²) in [7, 11) is 0. The number of nitrogens with zero attached hydrogens (tertiary/aromatic N) is 4. The molecule has 2 atom stereocenters. The quantitative estimate of drug-likeness (QED) is 0.813. The van der Waals surface area contributed by atoms with Crippen molar-refractivity contribution < 1.29 is 4.52 Å². The van der Waals surface area contributed by atoms with E-state index in [9.17, 15) is 0 Å². The Morgan fingerprint density at radius 3 is 2.94 bits per heavy atom. The van der Waals surface area contributed by atoms with Crippen molar-refractivity contribution >= 4 is 11.3 Å². The van der Waals surface area contributed by atoms with Gasteiger partial charge in [0.25, 0.3) is 0 Å². The molecule has 0 bridgehead atoms. The molecule has 0 amide bonds. The topological polar surface area (TPSA) is 75.6 Å². The Labute approximate surface area is 102 Å². The van der Waals surface area contributed by atoms with E-state index in [1.165, 1.54) is 11.3 Å². The zero-order chi connectivity index (χ0) is 12.0. The van der Waals surface area contributed by atoms with Gasteiger partial charge >= 0.3 is 0 Å². The molecule has 2 aromatic heterocycles. The lowest BCUT2D eigenvalue weighted by molar-refractivity contribution is 0.368. The smallest absolute Gasteiger partial charge is 0.232 e. The predicted molar refractivity (Wildman–Crippen MR) is 61.0 cm³/mol. The average Bonchev–Trinajstić information content (AvgIpc) is 2.79. The summed E-state index contributed by atoms with van der Waals surface area (Å²) in [5.74, 6) is 1.06. The highest BCUT2D eigenvalue weighted by molar-refractivity contribution is 7.07. The van der Waals surface area contributed by atoms with Gasteiger partial charge < -0.3 is 4.52 Å². The van der Waals surface area contributed by atoms with Crippen LogP contribution in [0.4, 0.5) is 0 Å². The molecule has 2 unspecified atom stereocenters. The molecule has 86 valence electrons. The number of rotatable bonds is 2.